The number of esters is 1. The minimum absolute atomic E-state index is 0.204. The first-order chi connectivity index (χ1) is 13.1. The van der Waals surface area contributed by atoms with Crippen LogP contribution in [-0.2, 0) is 20.9 Å². The number of benzene rings is 2. The van der Waals surface area contributed by atoms with E-state index in [0.717, 1.165) is 5.75 Å². The third-order valence-electron chi connectivity index (χ3n) is 4.33. The predicted molar refractivity (Wildman–Crippen MR) is 99.5 cm³/mol. The van der Waals surface area contributed by atoms with Crippen LogP contribution < -0.4 is 4.74 Å². The Bertz CT molecular complexity index is 771. The van der Waals surface area contributed by atoms with Crippen molar-refractivity contribution < 1.29 is 23.8 Å². The zero-order valence-corrected chi connectivity index (χ0v) is 15.3. The summed E-state index contributed by atoms with van der Waals surface area (Å²) in [4.78, 5) is 26.7. The molecule has 6 heteroatoms. The summed E-state index contributed by atoms with van der Waals surface area (Å²) in [6.45, 7) is 3.88. The average molecular weight is 369 g/mol. The van der Waals surface area contributed by atoms with E-state index in [-0.39, 0.29) is 12.5 Å². The van der Waals surface area contributed by atoms with Gasteiger partial charge in [0.05, 0.1) is 18.8 Å². The maximum absolute atomic E-state index is 12.6. The molecule has 1 unspecified atom stereocenters. The molecule has 0 aromatic heterocycles. The van der Waals surface area contributed by atoms with E-state index in [1.807, 2.05) is 42.5 Å². The standard InChI is InChI=1S/C21H23NO5/c1-16(20(23)22-11-13-25-14-12-22)27-21(24)19-10-6-5-7-17(19)15-26-18-8-3-2-4-9-18/h2-10,16H,11-15H2,1H3. The van der Waals surface area contributed by atoms with E-state index in [0.29, 0.717) is 37.4 Å². The molecule has 1 amide bonds. The molecule has 1 saturated heterocycles. The lowest BCUT2D eigenvalue weighted by Gasteiger charge is -2.29. The molecule has 1 heterocycles. The van der Waals surface area contributed by atoms with Gasteiger partial charge >= 0.3 is 5.97 Å². The van der Waals surface area contributed by atoms with E-state index < -0.39 is 12.1 Å². The number of hydrogen-bond acceptors (Lipinski definition) is 5. The van der Waals surface area contributed by atoms with E-state index >= 15 is 0 Å². The molecule has 0 bridgehead atoms. The summed E-state index contributed by atoms with van der Waals surface area (Å²) in [6, 6.07) is 16.5. The number of ether oxygens (including phenoxy) is 3. The molecule has 0 spiro atoms. The van der Waals surface area contributed by atoms with Crippen LogP contribution in [0, 0.1) is 0 Å². The van der Waals surface area contributed by atoms with Crippen LogP contribution in [0.3, 0.4) is 0 Å². The average Bonchev–Trinajstić information content (AvgIpc) is 2.73. The molecule has 0 radical (unpaired) electrons. The van der Waals surface area contributed by atoms with Crippen molar-refractivity contribution >= 4 is 11.9 Å². The fourth-order valence-electron chi connectivity index (χ4n) is 2.84. The van der Waals surface area contributed by atoms with Crippen LogP contribution in [-0.4, -0.2) is 49.2 Å². The lowest BCUT2D eigenvalue weighted by atomic mass is 10.1. The van der Waals surface area contributed by atoms with Gasteiger partial charge in [0.25, 0.3) is 5.91 Å². The molecule has 142 valence electrons. The molecule has 1 aliphatic heterocycles. The highest BCUT2D eigenvalue weighted by molar-refractivity contribution is 5.93. The van der Waals surface area contributed by atoms with Gasteiger partial charge in [-0.25, -0.2) is 4.79 Å². The quantitative estimate of drug-likeness (QED) is 0.733. The smallest absolute Gasteiger partial charge is 0.339 e. The van der Waals surface area contributed by atoms with Gasteiger partial charge < -0.3 is 19.1 Å². The van der Waals surface area contributed by atoms with Crippen molar-refractivity contribution in [3.05, 3.63) is 65.7 Å². The Morgan fingerprint density at radius 2 is 1.70 bits per heavy atom. The van der Waals surface area contributed by atoms with Gasteiger partial charge in [0.1, 0.15) is 12.4 Å². The Balaban J connectivity index is 1.63. The fourth-order valence-corrected chi connectivity index (χ4v) is 2.84. The Morgan fingerprint density at radius 1 is 1.04 bits per heavy atom. The highest BCUT2D eigenvalue weighted by Crippen LogP contribution is 2.16. The first-order valence-corrected chi connectivity index (χ1v) is 8.98. The third kappa shape index (κ3) is 5.08. The highest BCUT2D eigenvalue weighted by Gasteiger charge is 2.26. The second-order valence-corrected chi connectivity index (χ2v) is 6.24. The van der Waals surface area contributed by atoms with Crippen LogP contribution in [0.2, 0.25) is 0 Å². The van der Waals surface area contributed by atoms with E-state index in [9.17, 15) is 9.59 Å². The van der Waals surface area contributed by atoms with E-state index in [4.69, 9.17) is 14.2 Å². The van der Waals surface area contributed by atoms with Crippen molar-refractivity contribution in [3.8, 4) is 5.75 Å². The molecule has 1 atom stereocenters. The molecule has 2 aromatic rings. The number of para-hydroxylation sites is 1. The maximum atomic E-state index is 12.6. The van der Waals surface area contributed by atoms with Crippen molar-refractivity contribution in [1.29, 1.82) is 0 Å². The van der Waals surface area contributed by atoms with Gasteiger partial charge in [-0.1, -0.05) is 36.4 Å². The van der Waals surface area contributed by atoms with E-state index in [1.54, 1.807) is 24.0 Å². The topological polar surface area (TPSA) is 65.1 Å². The van der Waals surface area contributed by atoms with Gasteiger partial charge in [-0.05, 0) is 25.1 Å². The predicted octanol–water partition coefficient (Wildman–Crippen LogP) is 2.67. The van der Waals surface area contributed by atoms with Crippen LogP contribution in [0.1, 0.15) is 22.8 Å². The third-order valence-corrected chi connectivity index (χ3v) is 4.33. The zero-order chi connectivity index (χ0) is 19.1. The number of rotatable bonds is 6. The molecule has 6 nitrogen and oxygen atoms in total. The molecule has 0 N–H and O–H groups in total. The van der Waals surface area contributed by atoms with Crippen molar-refractivity contribution in [2.45, 2.75) is 19.6 Å². The largest absolute Gasteiger partial charge is 0.489 e. The van der Waals surface area contributed by atoms with Gasteiger partial charge in [0.2, 0.25) is 0 Å². The van der Waals surface area contributed by atoms with Crippen molar-refractivity contribution in [3.63, 3.8) is 0 Å². The summed E-state index contributed by atoms with van der Waals surface area (Å²) in [7, 11) is 0. The number of nitrogens with zero attached hydrogens (tertiary/aromatic N) is 1. The van der Waals surface area contributed by atoms with Crippen molar-refractivity contribution in [2.24, 2.45) is 0 Å². The molecular formula is C21H23NO5. The van der Waals surface area contributed by atoms with Gasteiger partial charge in [-0.15, -0.1) is 0 Å². The monoisotopic (exact) mass is 369 g/mol. The van der Waals surface area contributed by atoms with Crippen LogP contribution in [0.25, 0.3) is 0 Å². The zero-order valence-electron chi connectivity index (χ0n) is 15.3. The normalized spacial score (nSPS) is 15.1. The highest BCUT2D eigenvalue weighted by atomic mass is 16.5. The molecule has 27 heavy (non-hydrogen) atoms. The van der Waals surface area contributed by atoms with Crippen LogP contribution in [0.4, 0.5) is 0 Å². The van der Waals surface area contributed by atoms with E-state index in [2.05, 4.69) is 0 Å². The first kappa shape index (κ1) is 18.9. The minimum Gasteiger partial charge on any atom is -0.489 e. The molecule has 1 fully saturated rings. The van der Waals surface area contributed by atoms with Crippen LogP contribution in [0.15, 0.2) is 54.6 Å². The molecule has 0 aliphatic carbocycles. The minimum atomic E-state index is -0.848. The Kier molecular flexibility index (Phi) is 6.44. The molecule has 2 aromatic carbocycles. The van der Waals surface area contributed by atoms with E-state index in [1.165, 1.54) is 0 Å². The first-order valence-electron chi connectivity index (χ1n) is 8.98. The molecule has 1 aliphatic rings. The molecule has 3 rings (SSSR count). The van der Waals surface area contributed by atoms with Crippen molar-refractivity contribution in [1.82, 2.24) is 4.90 Å². The number of amides is 1. The Morgan fingerprint density at radius 3 is 2.44 bits per heavy atom. The number of carbonyl (C=O) groups excluding carboxylic acids is 2. The fraction of sp³-hybridized carbons (Fsp3) is 0.333. The maximum Gasteiger partial charge on any atom is 0.339 e. The van der Waals surface area contributed by atoms with Crippen LogP contribution in [0.5, 0.6) is 5.75 Å². The summed E-state index contributed by atoms with van der Waals surface area (Å²) in [5, 5.41) is 0. The summed E-state index contributed by atoms with van der Waals surface area (Å²) in [5.74, 6) is -0.0161. The Hall–Kier alpha value is -2.86. The lowest BCUT2D eigenvalue weighted by Crippen LogP contribution is -2.46. The number of morpholine rings is 1. The van der Waals surface area contributed by atoms with Gasteiger partial charge in [0.15, 0.2) is 6.10 Å². The Labute approximate surface area is 158 Å². The summed E-state index contributed by atoms with van der Waals surface area (Å²) >= 11 is 0. The van der Waals surface area contributed by atoms with Crippen molar-refractivity contribution in [2.75, 3.05) is 26.3 Å². The SMILES string of the molecule is CC(OC(=O)c1ccccc1COc1ccccc1)C(=O)N1CCOCC1. The van der Waals surface area contributed by atoms with Crippen LogP contribution >= 0.6 is 0 Å². The van der Waals surface area contributed by atoms with Gasteiger partial charge in [-0.2, -0.15) is 0 Å². The lowest BCUT2D eigenvalue weighted by molar-refractivity contribution is -0.143. The van der Waals surface area contributed by atoms with Gasteiger partial charge in [0, 0.05) is 18.7 Å². The number of hydrogen-bond donors (Lipinski definition) is 0. The second-order valence-electron chi connectivity index (χ2n) is 6.24. The summed E-state index contributed by atoms with van der Waals surface area (Å²) in [6.07, 6.45) is -0.848. The number of carbonyl (C=O) groups is 2. The second kappa shape index (κ2) is 9.19. The summed E-state index contributed by atoms with van der Waals surface area (Å²) in [5.41, 5.74) is 1.10. The summed E-state index contributed by atoms with van der Waals surface area (Å²) < 4.78 is 16.4. The molecular weight excluding hydrogens is 346 g/mol. The molecule has 0 saturated carbocycles. The van der Waals surface area contributed by atoms with Gasteiger partial charge in [-0.3, -0.25) is 4.79 Å².